The summed E-state index contributed by atoms with van der Waals surface area (Å²) in [6.45, 7) is 5.84. The Labute approximate surface area is 152 Å². The zero-order valence-electron chi connectivity index (χ0n) is 14.3. The number of amides is 1. The molecule has 142 valence electrons. The van der Waals surface area contributed by atoms with Gasteiger partial charge in [-0.05, 0) is 30.0 Å². The van der Waals surface area contributed by atoms with E-state index in [1.165, 1.54) is 12.1 Å². The summed E-state index contributed by atoms with van der Waals surface area (Å²) < 4.78 is 37.7. The quantitative estimate of drug-likeness (QED) is 0.827. The lowest BCUT2D eigenvalue weighted by Gasteiger charge is -2.20. The first-order valence-corrected chi connectivity index (χ1v) is 8.11. The Hall–Kier alpha value is -1.31. The first kappa shape index (κ1) is 21.7. The smallest absolute Gasteiger partial charge is 0.351 e. The van der Waals surface area contributed by atoms with E-state index in [1.807, 2.05) is 13.8 Å². The lowest BCUT2D eigenvalue weighted by Crippen LogP contribution is -2.48. The number of rotatable bonds is 5. The van der Waals surface area contributed by atoms with E-state index in [0.717, 1.165) is 30.7 Å². The van der Waals surface area contributed by atoms with Crippen LogP contribution in [0, 0.1) is 5.92 Å². The van der Waals surface area contributed by atoms with E-state index in [1.54, 1.807) is 0 Å². The molecular weight excluding hydrogens is 355 g/mol. The molecule has 0 aliphatic carbocycles. The molecule has 1 heterocycles. The van der Waals surface area contributed by atoms with Crippen molar-refractivity contribution in [1.82, 2.24) is 10.2 Å². The normalized spacial score (nSPS) is 19.6. The summed E-state index contributed by atoms with van der Waals surface area (Å²) >= 11 is 0. The Morgan fingerprint density at radius 1 is 1.32 bits per heavy atom. The Bertz CT molecular complexity index is 563. The van der Waals surface area contributed by atoms with Gasteiger partial charge in [-0.2, -0.15) is 13.2 Å². The van der Waals surface area contributed by atoms with E-state index in [4.69, 9.17) is 5.73 Å². The van der Waals surface area contributed by atoms with Crippen molar-refractivity contribution in [2.24, 2.45) is 11.7 Å². The molecule has 1 amide bonds. The number of likely N-dealkylation sites (tertiary alicyclic amines) is 1. The topological polar surface area (TPSA) is 58.4 Å². The SMILES string of the molecule is CC(C)[C@H](N)C(=O)NC1CCN(Cc2ccc(C(F)(F)F)cc2)C1.Cl. The summed E-state index contributed by atoms with van der Waals surface area (Å²) in [6.07, 6.45) is -3.49. The fourth-order valence-electron chi connectivity index (χ4n) is 2.75. The summed E-state index contributed by atoms with van der Waals surface area (Å²) in [5.41, 5.74) is 6.02. The molecule has 2 atom stereocenters. The Kier molecular flexibility index (Phi) is 7.71. The number of carbonyl (C=O) groups excluding carboxylic acids is 1. The monoisotopic (exact) mass is 379 g/mol. The van der Waals surface area contributed by atoms with E-state index in [9.17, 15) is 18.0 Å². The Balaban J connectivity index is 0.00000312. The molecule has 8 heteroatoms. The van der Waals surface area contributed by atoms with E-state index in [-0.39, 0.29) is 30.3 Å². The average molecular weight is 380 g/mol. The maximum atomic E-state index is 12.6. The highest BCUT2D eigenvalue weighted by Gasteiger charge is 2.30. The molecule has 4 nitrogen and oxygen atoms in total. The van der Waals surface area contributed by atoms with Crippen molar-refractivity contribution in [2.75, 3.05) is 13.1 Å². The predicted molar refractivity (Wildman–Crippen MR) is 93.3 cm³/mol. The molecule has 1 fully saturated rings. The average Bonchev–Trinajstić information content (AvgIpc) is 2.93. The van der Waals surface area contributed by atoms with Crippen LogP contribution in [0.5, 0.6) is 0 Å². The molecule has 0 spiro atoms. The number of benzene rings is 1. The molecule has 1 unspecified atom stereocenters. The number of carbonyl (C=O) groups is 1. The second-order valence-electron chi connectivity index (χ2n) is 6.69. The van der Waals surface area contributed by atoms with Crippen LogP contribution in [0.15, 0.2) is 24.3 Å². The number of nitrogens with one attached hydrogen (secondary N) is 1. The first-order valence-electron chi connectivity index (χ1n) is 8.11. The third kappa shape index (κ3) is 6.17. The third-order valence-electron chi connectivity index (χ3n) is 4.33. The lowest BCUT2D eigenvalue weighted by atomic mass is 10.0. The molecule has 0 saturated carbocycles. The van der Waals surface area contributed by atoms with Gasteiger partial charge in [0.15, 0.2) is 0 Å². The van der Waals surface area contributed by atoms with Gasteiger partial charge >= 0.3 is 6.18 Å². The third-order valence-corrected chi connectivity index (χ3v) is 4.33. The molecular formula is C17H25ClF3N3O. The van der Waals surface area contributed by atoms with Crippen LogP contribution in [0.4, 0.5) is 13.2 Å². The highest BCUT2D eigenvalue weighted by molar-refractivity contribution is 5.85. The Morgan fingerprint density at radius 2 is 1.92 bits per heavy atom. The maximum absolute atomic E-state index is 12.6. The van der Waals surface area contributed by atoms with Gasteiger partial charge in [0.25, 0.3) is 0 Å². The van der Waals surface area contributed by atoms with Gasteiger partial charge in [0.05, 0.1) is 11.6 Å². The maximum Gasteiger partial charge on any atom is 0.416 e. The van der Waals surface area contributed by atoms with Crippen LogP contribution in [-0.4, -0.2) is 36.0 Å². The number of hydrogen-bond acceptors (Lipinski definition) is 3. The van der Waals surface area contributed by atoms with Gasteiger partial charge in [-0.3, -0.25) is 9.69 Å². The van der Waals surface area contributed by atoms with Gasteiger partial charge in [0.1, 0.15) is 0 Å². The summed E-state index contributed by atoms with van der Waals surface area (Å²) in [5.74, 6) is -0.0685. The van der Waals surface area contributed by atoms with Crippen molar-refractivity contribution >= 4 is 18.3 Å². The summed E-state index contributed by atoms with van der Waals surface area (Å²) in [4.78, 5) is 14.1. The van der Waals surface area contributed by atoms with Gasteiger partial charge in [0, 0.05) is 25.7 Å². The van der Waals surface area contributed by atoms with Crippen molar-refractivity contribution in [1.29, 1.82) is 0 Å². The minimum Gasteiger partial charge on any atom is -0.351 e. The van der Waals surface area contributed by atoms with E-state index in [0.29, 0.717) is 13.1 Å². The van der Waals surface area contributed by atoms with Gasteiger partial charge in [-0.25, -0.2) is 0 Å². The van der Waals surface area contributed by atoms with Crippen LogP contribution in [0.2, 0.25) is 0 Å². The molecule has 0 aromatic heterocycles. The highest BCUT2D eigenvalue weighted by Crippen LogP contribution is 2.29. The second-order valence-corrected chi connectivity index (χ2v) is 6.69. The zero-order chi connectivity index (χ0) is 17.9. The van der Waals surface area contributed by atoms with Crippen LogP contribution in [0.3, 0.4) is 0 Å². The summed E-state index contributed by atoms with van der Waals surface area (Å²) in [6, 6.07) is 4.73. The van der Waals surface area contributed by atoms with Crippen LogP contribution in [0.1, 0.15) is 31.4 Å². The fraction of sp³-hybridized carbons (Fsp3) is 0.588. The van der Waals surface area contributed by atoms with E-state index >= 15 is 0 Å². The number of hydrogen-bond donors (Lipinski definition) is 2. The molecule has 25 heavy (non-hydrogen) atoms. The van der Waals surface area contributed by atoms with Crippen molar-refractivity contribution in [3.63, 3.8) is 0 Å². The van der Waals surface area contributed by atoms with Gasteiger partial charge in [-0.1, -0.05) is 26.0 Å². The molecule has 1 aliphatic heterocycles. The lowest BCUT2D eigenvalue weighted by molar-refractivity contribution is -0.137. The van der Waals surface area contributed by atoms with E-state index < -0.39 is 17.8 Å². The van der Waals surface area contributed by atoms with E-state index in [2.05, 4.69) is 10.2 Å². The number of halogens is 4. The molecule has 2 rings (SSSR count). The van der Waals surface area contributed by atoms with Crippen molar-refractivity contribution in [3.05, 3.63) is 35.4 Å². The van der Waals surface area contributed by atoms with Crippen molar-refractivity contribution in [3.8, 4) is 0 Å². The largest absolute Gasteiger partial charge is 0.416 e. The number of alkyl halides is 3. The van der Waals surface area contributed by atoms with Crippen molar-refractivity contribution in [2.45, 2.75) is 45.1 Å². The predicted octanol–water partition coefficient (Wildman–Crippen LogP) is 2.80. The van der Waals surface area contributed by atoms with Crippen LogP contribution >= 0.6 is 12.4 Å². The Morgan fingerprint density at radius 3 is 2.44 bits per heavy atom. The first-order chi connectivity index (χ1) is 11.2. The van der Waals surface area contributed by atoms with Gasteiger partial charge in [-0.15, -0.1) is 12.4 Å². The molecule has 0 bridgehead atoms. The van der Waals surface area contributed by atoms with Gasteiger partial charge < -0.3 is 11.1 Å². The molecule has 1 saturated heterocycles. The van der Waals surface area contributed by atoms with Crippen LogP contribution in [-0.2, 0) is 17.5 Å². The zero-order valence-corrected chi connectivity index (χ0v) is 15.2. The molecule has 1 aromatic rings. The number of nitrogens with two attached hydrogens (primary N) is 1. The summed E-state index contributed by atoms with van der Waals surface area (Å²) in [7, 11) is 0. The minimum absolute atomic E-state index is 0. The summed E-state index contributed by atoms with van der Waals surface area (Å²) in [5, 5.41) is 2.95. The molecule has 1 aromatic carbocycles. The highest BCUT2D eigenvalue weighted by atomic mass is 35.5. The number of nitrogens with zero attached hydrogens (tertiary/aromatic N) is 1. The van der Waals surface area contributed by atoms with Crippen LogP contribution < -0.4 is 11.1 Å². The standard InChI is InChI=1S/C17H24F3N3O.ClH/c1-11(2)15(21)16(24)22-14-7-8-23(10-14)9-12-3-5-13(6-4-12)17(18,19)20;/h3-6,11,14-15H,7-10,21H2,1-2H3,(H,22,24);1H/t14?,15-;/m0./s1. The van der Waals surface area contributed by atoms with Gasteiger partial charge in [0.2, 0.25) is 5.91 Å². The van der Waals surface area contributed by atoms with Crippen molar-refractivity contribution < 1.29 is 18.0 Å². The molecule has 3 N–H and O–H groups in total. The fourth-order valence-corrected chi connectivity index (χ4v) is 2.75. The second kappa shape index (κ2) is 8.87. The minimum atomic E-state index is -4.31. The molecule has 0 radical (unpaired) electrons. The van der Waals surface area contributed by atoms with Crippen LogP contribution in [0.25, 0.3) is 0 Å². The molecule has 1 aliphatic rings.